The van der Waals surface area contributed by atoms with Crippen molar-refractivity contribution >= 4 is 11.8 Å². The van der Waals surface area contributed by atoms with Gasteiger partial charge in [0.2, 0.25) is 0 Å². The second-order valence-corrected chi connectivity index (χ2v) is 2.75. The van der Waals surface area contributed by atoms with E-state index in [0.29, 0.717) is 24.3 Å². The first-order valence-corrected chi connectivity index (χ1v) is 3.77. The van der Waals surface area contributed by atoms with Crippen molar-refractivity contribution in [1.82, 2.24) is 10.2 Å². The highest BCUT2D eigenvalue weighted by atomic mass is 16.4. The number of fused-ring (bicyclic) bond motifs is 1. The number of H-pyrrole nitrogens is 1. The van der Waals surface area contributed by atoms with Gasteiger partial charge in [0.1, 0.15) is 0 Å². The van der Waals surface area contributed by atoms with Crippen molar-refractivity contribution in [2.24, 2.45) is 0 Å². The number of hydrogen-bond donors (Lipinski definition) is 2. The van der Waals surface area contributed by atoms with Crippen molar-refractivity contribution in [3.8, 4) is 0 Å². The van der Waals surface area contributed by atoms with Gasteiger partial charge in [0, 0.05) is 19.0 Å². The van der Waals surface area contributed by atoms with Gasteiger partial charge in [-0.2, -0.15) is 5.10 Å². The Morgan fingerprint density at radius 3 is 3.15 bits per heavy atom. The van der Waals surface area contributed by atoms with E-state index in [-0.39, 0.29) is 5.56 Å². The highest BCUT2D eigenvalue weighted by molar-refractivity contribution is 5.88. The van der Waals surface area contributed by atoms with Crippen LogP contribution in [0.15, 0.2) is 10.9 Å². The van der Waals surface area contributed by atoms with Gasteiger partial charge in [0.25, 0.3) is 5.56 Å². The Morgan fingerprint density at radius 1 is 1.69 bits per heavy atom. The summed E-state index contributed by atoms with van der Waals surface area (Å²) in [6.07, 6.45) is -0.496. The minimum atomic E-state index is -1.05. The fraction of sp³-hybridized carbons (Fsp3) is 0.286. The van der Waals surface area contributed by atoms with Gasteiger partial charge < -0.3 is 5.11 Å². The van der Waals surface area contributed by atoms with E-state index in [2.05, 4.69) is 10.2 Å². The van der Waals surface area contributed by atoms with Crippen LogP contribution in [-0.4, -0.2) is 27.9 Å². The number of rotatable bonds is 0. The van der Waals surface area contributed by atoms with Gasteiger partial charge in [-0.25, -0.2) is 9.89 Å². The van der Waals surface area contributed by atoms with Crippen molar-refractivity contribution in [1.29, 1.82) is 0 Å². The summed E-state index contributed by atoms with van der Waals surface area (Å²) < 4.78 is 0. The molecule has 0 bridgehead atoms. The fourth-order valence-electron chi connectivity index (χ4n) is 1.37. The van der Waals surface area contributed by atoms with Gasteiger partial charge in [0.05, 0.1) is 11.4 Å². The molecule has 1 aliphatic heterocycles. The van der Waals surface area contributed by atoms with E-state index >= 15 is 0 Å². The maximum atomic E-state index is 10.9. The standard InChI is InChI=1S/C7H7N3O3/c11-6-3-5-4(8-9-6)1-2-10(5)7(12)13/h3H,1-2H2,(H,9,11)(H,12,13). The molecule has 0 aromatic carbocycles. The molecule has 0 atom stereocenters. The number of aromatic nitrogens is 2. The van der Waals surface area contributed by atoms with E-state index in [9.17, 15) is 9.59 Å². The third-order valence-electron chi connectivity index (χ3n) is 1.96. The van der Waals surface area contributed by atoms with Crippen LogP contribution in [-0.2, 0) is 6.42 Å². The third kappa shape index (κ3) is 1.16. The predicted molar refractivity (Wildman–Crippen MR) is 43.9 cm³/mol. The van der Waals surface area contributed by atoms with E-state index in [1.54, 1.807) is 0 Å². The summed E-state index contributed by atoms with van der Waals surface area (Å²) in [5, 5.41) is 14.8. The first-order chi connectivity index (χ1) is 6.18. The number of amides is 1. The molecule has 1 aromatic rings. The SMILES string of the molecule is O=C(O)N1CCc2n[nH]c(=O)cc21. The highest BCUT2D eigenvalue weighted by Gasteiger charge is 2.25. The number of nitrogens with zero attached hydrogens (tertiary/aromatic N) is 2. The maximum Gasteiger partial charge on any atom is 0.411 e. The van der Waals surface area contributed by atoms with Crippen LogP contribution in [0, 0.1) is 0 Å². The van der Waals surface area contributed by atoms with Gasteiger partial charge >= 0.3 is 6.09 Å². The minimum Gasteiger partial charge on any atom is -0.465 e. The molecule has 6 nitrogen and oxygen atoms in total. The molecule has 1 aromatic heterocycles. The molecule has 6 heteroatoms. The normalized spacial score (nSPS) is 14.3. The van der Waals surface area contributed by atoms with Crippen LogP contribution in [0.2, 0.25) is 0 Å². The molecular weight excluding hydrogens is 174 g/mol. The average Bonchev–Trinajstić information content (AvgIpc) is 2.46. The highest BCUT2D eigenvalue weighted by Crippen LogP contribution is 2.23. The van der Waals surface area contributed by atoms with Crippen molar-refractivity contribution in [3.63, 3.8) is 0 Å². The van der Waals surface area contributed by atoms with Crippen LogP contribution in [0.4, 0.5) is 10.5 Å². The molecule has 0 spiro atoms. The molecule has 1 amide bonds. The number of nitrogens with one attached hydrogen (secondary N) is 1. The molecule has 0 radical (unpaired) electrons. The number of aromatic amines is 1. The van der Waals surface area contributed by atoms with Gasteiger partial charge in [-0.15, -0.1) is 0 Å². The van der Waals surface area contributed by atoms with Crippen molar-refractivity contribution in [2.75, 3.05) is 11.4 Å². The molecule has 0 saturated heterocycles. The zero-order valence-corrected chi connectivity index (χ0v) is 6.65. The monoisotopic (exact) mass is 181 g/mol. The van der Waals surface area contributed by atoms with Crippen molar-refractivity contribution < 1.29 is 9.90 Å². The smallest absolute Gasteiger partial charge is 0.411 e. The molecule has 68 valence electrons. The lowest BCUT2D eigenvalue weighted by atomic mass is 10.3. The van der Waals surface area contributed by atoms with E-state index in [0.717, 1.165) is 4.90 Å². The number of carbonyl (C=O) groups is 1. The Hall–Kier alpha value is -1.85. The fourth-order valence-corrected chi connectivity index (χ4v) is 1.37. The summed E-state index contributed by atoms with van der Waals surface area (Å²) >= 11 is 0. The van der Waals surface area contributed by atoms with Crippen LogP contribution in [0.3, 0.4) is 0 Å². The van der Waals surface area contributed by atoms with Crippen LogP contribution >= 0.6 is 0 Å². The second kappa shape index (κ2) is 2.58. The van der Waals surface area contributed by atoms with Gasteiger partial charge in [-0.05, 0) is 0 Å². The Balaban J connectivity index is 2.52. The second-order valence-electron chi connectivity index (χ2n) is 2.75. The van der Waals surface area contributed by atoms with E-state index in [1.165, 1.54) is 6.07 Å². The summed E-state index contributed by atoms with van der Waals surface area (Å²) in [4.78, 5) is 22.6. The first-order valence-electron chi connectivity index (χ1n) is 3.77. The van der Waals surface area contributed by atoms with E-state index < -0.39 is 6.09 Å². The minimum absolute atomic E-state index is 0.370. The molecule has 1 aliphatic rings. The summed E-state index contributed by atoms with van der Waals surface area (Å²) in [5.41, 5.74) is 0.644. The summed E-state index contributed by atoms with van der Waals surface area (Å²) in [7, 11) is 0. The molecule has 2 N–H and O–H groups in total. The lowest BCUT2D eigenvalue weighted by molar-refractivity contribution is 0.202. The molecule has 2 heterocycles. The number of anilines is 1. The molecule has 0 aliphatic carbocycles. The first kappa shape index (κ1) is 7.78. The molecule has 2 rings (SSSR count). The third-order valence-corrected chi connectivity index (χ3v) is 1.96. The molecule has 0 unspecified atom stereocenters. The molecule has 13 heavy (non-hydrogen) atoms. The zero-order chi connectivity index (χ0) is 9.42. The Labute approximate surface area is 72.8 Å². The van der Waals surface area contributed by atoms with Crippen LogP contribution < -0.4 is 10.5 Å². The van der Waals surface area contributed by atoms with Crippen LogP contribution in [0.25, 0.3) is 0 Å². The molecule has 0 fully saturated rings. The van der Waals surface area contributed by atoms with Gasteiger partial charge in [-0.1, -0.05) is 0 Å². The van der Waals surface area contributed by atoms with Crippen molar-refractivity contribution in [2.45, 2.75) is 6.42 Å². The average molecular weight is 181 g/mol. The van der Waals surface area contributed by atoms with Gasteiger partial charge in [-0.3, -0.25) is 9.69 Å². The Bertz CT molecular complexity index is 412. The lowest BCUT2D eigenvalue weighted by Gasteiger charge is -2.10. The Kier molecular flexibility index (Phi) is 1.54. The zero-order valence-electron chi connectivity index (χ0n) is 6.65. The molecule has 0 saturated carbocycles. The van der Waals surface area contributed by atoms with Crippen LogP contribution in [0.5, 0.6) is 0 Å². The van der Waals surface area contributed by atoms with Crippen LogP contribution in [0.1, 0.15) is 5.69 Å². The van der Waals surface area contributed by atoms with Gasteiger partial charge in [0.15, 0.2) is 0 Å². The predicted octanol–water partition coefficient (Wildman–Crippen LogP) is -0.190. The maximum absolute atomic E-state index is 10.9. The topological polar surface area (TPSA) is 86.3 Å². The number of hydrogen-bond acceptors (Lipinski definition) is 3. The summed E-state index contributed by atoms with van der Waals surface area (Å²) in [5.74, 6) is 0. The Morgan fingerprint density at radius 2 is 2.46 bits per heavy atom. The quantitative estimate of drug-likeness (QED) is 0.580. The lowest BCUT2D eigenvalue weighted by Crippen LogP contribution is -2.27. The molecular formula is C7H7N3O3. The number of carboxylic acid groups (broad SMARTS) is 1. The summed E-state index contributed by atoms with van der Waals surface area (Å²) in [6.45, 7) is 0.370. The van der Waals surface area contributed by atoms with E-state index in [1.807, 2.05) is 0 Å². The largest absolute Gasteiger partial charge is 0.465 e. The van der Waals surface area contributed by atoms with E-state index in [4.69, 9.17) is 5.11 Å². The summed E-state index contributed by atoms with van der Waals surface area (Å²) in [6, 6.07) is 1.25. The van der Waals surface area contributed by atoms with Crippen molar-refractivity contribution in [3.05, 3.63) is 22.1 Å².